The maximum atomic E-state index is 6.34. The van der Waals surface area contributed by atoms with E-state index in [1.165, 1.54) is 11.8 Å². The molecule has 0 fully saturated rings. The van der Waals surface area contributed by atoms with Gasteiger partial charge in [0.15, 0.2) is 5.58 Å². The van der Waals surface area contributed by atoms with Crippen LogP contribution >= 0.6 is 23.4 Å². The molecule has 0 amide bonds. The zero-order chi connectivity index (χ0) is 14.8. The molecule has 1 aromatic heterocycles. The molecule has 21 heavy (non-hydrogen) atoms. The normalized spacial score (nSPS) is 12.7. The summed E-state index contributed by atoms with van der Waals surface area (Å²) in [5, 5.41) is 4.56. The molecule has 0 saturated heterocycles. The summed E-state index contributed by atoms with van der Waals surface area (Å²) in [6.07, 6.45) is 0. The van der Waals surface area contributed by atoms with Gasteiger partial charge in [-0.25, -0.2) is 4.98 Å². The molecule has 1 heterocycles. The fourth-order valence-electron chi connectivity index (χ4n) is 2.07. The van der Waals surface area contributed by atoms with Crippen LogP contribution in [0.15, 0.2) is 57.0 Å². The van der Waals surface area contributed by atoms with Crippen LogP contribution in [0.5, 0.6) is 0 Å². The smallest absolute Gasteiger partial charge is 0.261 e. The van der Waals surface area contributed by atoms with Crippen molar-refractivity contribution in [3.63, 3.8) is 0 Å². The van der Waals surface area contributed by atoms with Crippen LogP contribution in [0.1, 0.15) is 18.5 Å². The van der Waals surface area contributed by atoms with Crippen LogP contribution in [0.3, 0.4) is 0 Å². The molecular formula is C16H15ClN2OS. The third kappa shape index (κ3) is 3.07. The SMILES string of the molecule is CNC(C)c1ccc(Sc2nc3ccccc3o2)cc1Cl. The quantitative estimate of drug-likeness (QED) is 0.741. The van der Waals surface area contributed by atoms with Gasteiger partial charge in [-0.3, -0.25) is 0 Å². The maximum Gasteiger partial charge on any atom is 0.261 e. The summed E-state index contributed by atoms with van der Waals surface area (Å²) in [5.41, 5.74) is 2.75. The summed E-state index contributed by atoms with van der Waals surface area (Å²) in [5.74, 6) is 0. The van der Waals surface area contributed by atoms with Gasteiger partial charge in [-0.1, -0.05) is 29.8 Å². The van der Waals surface area contributed by atoms with E-state index in [0.717, 1.165) is 26.6 Å². The largest absolute Gasteiger partial charge is 0.431 e. The number of nitrogens with one attached hydrogen (secondary N) is 1. The number of benzene rings is 2. The molecule has 1 N–H and O–H groups in total. The van der Waals surface area contributed by atoms with Gasteiger partial charge in [0.2, 0.25) is 0 Å². The fourth-order valence-corrected chi connectivity index (χ4v) is 3.27. The molecule has 1 atom stereocenters. The number of hydrogen-bond donors (Lipinski definition) is 1. The lowest BCUT2D eigenvalue weighted by Crippen LogP contribution is -2.12. The number of nitrogens with zero attached hydrogens (tertiary/aromatic N) is 1. The molecule has 2 aromatic carbocycles. The number of rotatable bonds is 4. The van der Waals surface area contributed by atoms with Crippen LogP contribution < -0.4 is 5.32 Å². The highest BCUT2D eigenvalue weighted by molar-refractivity contribution is 7.99. The molecule has 0 saturated carbocycles. The number of halogens is 1. The topological polar surface area (TPSA) is 38.1 Å². The Bertz CT molecular complexity index is 739. The summed E-state index contributed by atoms with van der Waals surface area (Å²) in [6.45, 7) is 2.08. The lowest BCUT2D eigenvalue weighted by Gasteiger charge is -2.13. The first-order chi connectivity index (χ1) is 10.2. The van der Waals surface area contributed by atoms with Gasteiger partial charge in [0.25, 0.3) is 5.22 Å². The van der Waals surface area contributed by atoms with Crippen LogP contribution in [0.25, 0.3) is 11.1 Å². The first kappa shape index (κ1) is 14.4. The van der Waals surface area contributed by atoms with Gasteiger partial charge in [-0.05, 0) is 55.6 Å². The van der Waals surface area contributed by atoms with Crippen LogP contribution in [0.4, 0.5) is 0 Å². The van der Waals surface area contributed by atoms with Gasteiger partial charge < -0.3 is 9.73 Å². The van der Waals surface area contributed by atoms with Crippen LogP contribution in [0.2, 0.25) is 5.02 Å². The number of fused-ring (bicyclic) bond motifs is 1. The standard InChI is InChI=1S/C16H15ClN2OS/c1-10(18-2)12-8-7-11(9-13(12)17)21-16-19-14-5-3-4-6-15(14)20-16/h3-10,18H,1-2H3. The molecule has 0 aliphatic carbocycles. The minimum absolute atomic E-state index is 0.223. The number of aromatic nitrogens is 1. The van der Waals surface area contributed by atoms with Crippen molar-refractivity contribution >= 4 is 34.5 Å². The zero-order valence-electron chi connectivity index (χ0n) is 11.8. The van der Waals surface area contributed by atoms with Gasteiger partial charge in [-0.15, -0.1) is 0 Å². The molecule has 5 heteroatoms. The second-order valence-electron chi connectivity index (χ2n) is 4.74. The van der Waals surface area contributed by atoms with Crippen LogP contribution in [-0.4, -0.2) is 12.0 Å². The number of hydrogen-bond acceptors (Lipinski definition) is 4. The van der Waals surface area contributed by atoms with E-state index >= 15 is 0 Å². The van der Waals surface area contributed by atoms with E-state index in [9.17, 15) is 0 Å². The molecule has 3 nitrogen and oxygen atoms in total. The van der Waals surface area contributed by atoms with Crippen molar-refractivity contribution in [2.24, 2.45) is 0 Å². The molecule has 3 aromatic rings. The summed E-state index contributed by atoms with van der Waals surface area (Å²) in [4.78, 5) is 5.46. The Balaban J connectivity index is 1.86. The van der Waals surface area contributed by atoms with Gasteiger partial charge in [0.05, 0.1) is 0 Å². The Kier molecular flexibility index (Phi) is 4.19. The van der Waals surface area contributed by atoms with Crippen molar-refractivity contribution in [2.45, 2.75) is 23.1 Å². The first-order valence-electron chi connectivity index (χ1n) is 6.67. The van der Waals surface area contributed by atoms with Gasteiger partial charge in [-0.2, -0.15) is 0 Å². The van der Waals surface area contributed by atoms with Gasteiger partial charge >= 0.3 is 0 Å². The molecule has 0 bridgehead atoms. The van der Waals surface area contributed by atoms with Gasteiger partial charge in [0.1, 0.15) is 5.52 Å². The van der Waals surface area contributed by atoms with E-state index in [4.69, 9.17) is 16.0 Å². The second-order valence-corrected chi connectivity index (χ2v) is 6.18. The lowest BCUT2D eigenvalue weighted by atomic mass is 10.1. The van der Waals surface area contributed by atoms with Crippen molar-refractivity contribution in [1.82, 2.24) is 10.3 Å². The van der Waals surface area contributed by atoms with E-state index in [1.807, 2.05) is 49.5 Å². The molecule has 0 radical (unpaired) electrons. The predicted octanol–water partition coefficient (Wildman–Crippen LogP) is 4.91. The van der Waals surface area contributed by atoms with Crippen molar-refractivity contribution < 1.29 is 4.42 Å². The fraction of sp³-hybridized carbons (Fsp3) is 0.188. The highest BCUT2D eigenvalue weighted by Crippen LogP contribution is 2.33. The average Bonchev–Trinajstić information content (AvgIpc) is 2.88. The molecule has 1 unspecified atom stereocenters. The van der Waals surface area contributed by atoms with E-state index < -0.39 is 0 Å². The van der Waals surface area contributed by atoms with Gasteiger partial charge in [0, 0.05) is 16.0 Å². The highest BCUT2D eigenvalue weighted by atomic mass is 35.5. The third-order valence-corrected chi connectivity index (χ3v) is 4.52. The van der Waals surface area contributed by atoms with Crippen molar-refractivity contribution in [3.8, 4) is 0 Å². The monoisotopic (exact) mass is 318 g/mol. The number of oxazole rings is 1. The van der Waals surface area contributed by atoms with Crippen molar-refractivity contribution in [1.29, 1.82) is 0 Å². The van der Waals surface area contributed by atoms with E-state index in [-0.39, 0.29) is 6.04 Å². The molecule has 0 spiro atoms. The first-order valence-corrected chi connectivity index (χ1v) is 7.87. The second kappa shape index (κ2) is 6.10. The van der Waals surface area contributed by atoms with E-state index in [2.05, 4.69) is 17.2 Å². The summed E-state index contributed by atoms with van der Waals surface area (Å²) >= 11 is 7.82. The lowest BCUT2D eigenvalue weighted by molar-refractivity contribution is 0.489. The maximum absolute atomic E-state index is 6.34. The number of para-hydroxylation sites is 2. The summed E-state index contributed by atoms with van der Waals surface area (Å²) in [7, 11) is 1.92. The Morgan fingerprint density at radius 3 is 2.76 bits per heavy atom. The van der Waals surface area contributed by atoms with E-state index in [1.54, 1.807) is 0 Å². The van der Waals surface area contributed by atoms with E-state index in [0.29, 0.717) is 5.22 Å². The minimum Gasteiger partial charge on any atom is -0.431 e. The Hall–Kier alpha value is -1.49. The summed E-state index contributed by atoms with van der Waals surface area (Å²) < 4.78 is 5.71. The molecule has 3 rings (SSSR count). The molecule has 0 aliphatic heterocycles. The average molecular weight is 319 g/mol. The molecule has 108 valence electrons. The molecule has 0 aliphatic rings. The Morgan fingerprint density at radius 2 is 2.05 bits per heavy atom. The predicted molar refractivity (Wildman–Crippen MR) is 87.1 cm³/mol. The third-order valence-electron chi connectivity index (χ3n) is 3.35. The zero-order valence-corrected chi connectivity index (χ0v) is 13.3. The minimum atomic E-state index is 0.223. The molecular weight excluding hydrogens is 304 g/mol. The Labute approximate surface area is 132 Å². The Morgan fingerprint density at radius 1 is 1.24 bits per heavy atom. The van der Waals surface area contributed by atoms with Crippen LogP contribution in [-0.2, 0) is 0 Å². The summed E-state index contributed by atoms with van der Waals surface area (Å²) in [6, 6.07) is 14.0. The highest BCUT2D eigenvalue weighted by Gasteiger charge is 2.11. The van der Waals surface area contributed by atoms with Crippen LogP contribution in [0, 0.1) is 0 Å². The van der Waals surface area contributed by atoms with Crippen molar-refractivity contribution in [3.05, 3.63) is 53.1 Å². The van der Waals surface area contributed by atoms with Crippen molar-refractivity contribution in [2.75, 3.05) is 7.05 Å².